The molecule has 0 aliphatic carbocycles. The highest BCUT2D eigenvalue weighted by atomic mass is 35.5. The number of alkyl halides is 1. The van der Waals surface area contributed by atoms with Crippen molar-refractivity contribution in [3.05, 3.63) is 65.2 Å². The maximum Gasteiger partial charge on any atom is 0.536 e. The molecule has 5 heterocycles. The number of amides is 3. The number of nitrogens with one attached hydrogen (secondary N) is 3. The summed E-state index contributed by atoms with van der Waals surface area (Å²) in [5, 5.41) is 3.14. The molecule has 3 aromatic heterocycles. The highest BCUT2D eigenvalue weighted by Gasteiger charge is 2.41. The van der Waals surface area contributed by atoms with E-state index in [1.54, 1.807) is 24.5 Å². The Bertz CT molecular complexity index is 2570. The summed E-state index contributed by atoms with van der Waals surface area (Å²) < 4.78 is 57.5. The van der Waals surface area contributed by atoms with E-state index in [0.29, 0.717) is 52.0 Å². The van der Waals surface area contributed by atoms with E-state index in [9.17, 15) is 33.3 Å². The van der Waals surface area contributed by atoms with Crippen LogP contribution in [0.15, 0.2) is 42.7 Å². The Morgan fingerprint density at radius 1 is 0.949 bits per heavy atom. The first kappa shape index (κ1) is 41.9. The normalized spacial score (nSPS) is 16.7. The molecule has 0 bridgehead atoms. The average molecular weight is 878 g/mol. The molecule has 0 saturated heterocycles. The number of phosphoric ester groups is 2. The maximum absolute atomic E-state index is 14.5. The van der Waals surface area contributed by atoms with Gasteiger partial charge in [-0.25, -0.2) is 15.0 Å². The van der Waals surface area contributed by atoms with Gasteiger partial charge in [-0.1, -0.05) is 0 Å². The van der Waals surface area contributed by atoms with Gasteiger partial charge in [-0.15, -0.1) is 11.6 Å². The number of rotatable bonds is 16. The number of nitrogens with zero attached hydrogens (tertiary/aromatic N) is 3. The van der Waals surface area contributed by atoms with Crippen LogP contribution >= 0.6 is 27.2 Å². The van der Waals surface area contributed by atoms with E-state index in [4.69, 9.17) is 40.8 Å². The second-order valence-electron chi connectivity index (χ2n) is 13.2. The predicted octanol–water partition coefficient (Wildman–Crippen LogP) is 3.88. The molecule has 0 spiro atoms. The van der Waals surface area contributed by atoms with Crippen molar-refractivity contribution >= 4 is 78.1 Å². The van der Waals surface area contributed by atoms with Crippen molar-refractivity contribution in [3.8, 4) is 23.0 Å². The molecule has 0 saturated carbocycles. The number of phosphoric acid groups is 2. The molecule has 2 unspecified atom stereocenters. The van der Waals surface area contributed by atoms with Gasteiger partial charge in [0.05, 0.1) is 56.5 Å². The third-order valence-electron chi connectivity index (χ3n) is 9.65. The van der Waals surface area contributed by atoms with E-state index in [2.05, 4.69) is 29.4 Å². The summed E-state index contributed by atoms with van der Waals surface area (Å²) in [6, 6.07) is 7.86. The first-order valence-electron chi connectivity index (χ1n) is 17.7. The number of hydrogen-bond acceptors (Lipinski definition) is 14. The number of fused-ring (bicyclic) bond motifs is 5. The molecule has 2 aliphatic heterocycles. The maximum atomic E-state index is 14.5. The molecule has 2 aromatic carbocycles. The summed E-state index contributed by atoms with van der Waals surface area (Å²) in [7, 11) is -6.51. The molecule has 2 aliphatic rings. The zero-order valence-corrected chi connectivity index (χ0v) is 34.1. The molecular weight excluding hydrogens is 840 g/mol. The van der Waals surface area contributed by atoms with Gasteiger partial charge in [0.25, 0.3) is 11.8 Å². The van der Waals surface area contributed by atoms with Crippen LogP contribution in [0.5, 0.6) is 23.0 Å². The molecule has 0 fully saturated rings. The minimum atomic E-state index is -5.55. The lowest BCUT2D eigenvalue weighted by molar-refractivity contribution is -0.125. The lowest BCUT2D eigenvalue weighted by atomic mass is 9.98. The lowest BCUT2D eigenvalue weighted by Gasteiger charge is -2.20. The molecule has 21 nitrogen and oxygen atoms in total. The molecule has 314 valence electrons. The quantitative estimate of drug-likeness (QED) is 0.0355. The number of aromatic nitrogens is 3. The predicted molar refractivity (Wildman–Crippen MR) is 211 cm³/mol. The van der Waals surface area contributed by atoms with Crippen LogP contribution in [0, 0.1) is 0 Å². The fraction of sp³-hybridized carbons (Fsp3) is 0.314. The van der Waals surface area contributed by atoms with Gasteiger partial charge in [0, 0.05) is 54.5 Å². The third-order valence-corrected chi connectivity index (χ3v) is 12.6. The zero-order valence-electron chi connectivity index (χ0n) is 31.6. The van der Waals surface area contributed by atoms with Crippen molar-refractivity contribution in [2.24, 2.45) is 5.90 Å². The van der Waals surface area contributed by atoms with E-state index in [-0.39, 0.29) is 47.3 Å². The number of carbonyl (C=O) groups is 3. The van der Waals surface area contributed by atoms with Crippen LogP contribution in [-0.4, -0.2) is 103 Å². The van der Waals surface area contributed by atoms with E-state index in [1.165, 1.54) is 43.3 Å². The van der Waals surface area contributed by atoms with Crippen molar-refractivity contribution in [2.45, 2.75) is 12.3 Å². The SMILES string of the molecule is COc1cc2cc(C(=O)N3C[C@@H](CCl)c4c3cc(OP(=O)(O)OP(=O)(O)OCCNC(=O)CON)c3[nH]c(C(=O)N5CCc6ccncc65)cc43)[nH]c2c(OC)c1OC. The zero-order chi connectivity index (χ0) is 42.2. The minimum Gasteiger partial charge on any atom is -0.493 e. The largest absolute Gasteiger partial charge is 0.536 e. The van der Waals surface area contributed by atoms with E-state index in [0.717, 1.165) is 5.56 Å². The summed E-state index contributed by atoms with van der Waals surface area (Å²) in [6.07, 6.45) is 3.79. The number of nitrogens with two attached hydrogens (primary N) is 1. The molecular formula is C35H38ClN7O14P2. The number of benzene rings is 2. The number of carbonyl (C=O) groups excluding carboxylic acids is 3. The molecule has 7 rings (SSSR count). The highest BCUT2D eigenvalue weighted by molar-refractivity contribution is 7.61. The van der Waals surface area contributed by atoms with E-state index in [1.807, 2.05) is 6.07 Å². The smallest absolute Gasteiger partial charge is 0.493 e. The molecule has 24 heteroatoms. The van der Waals surface area contributed by atoms with Crippen LogP contribution in [0.4, 0.5) is 11.4 Å². The molecule has 7 N–H and O–H groups in total. The van der Waals surface area contributed by atoms with E-state index < -0.39 is 58.2 Å². The number of ether oxygens (including phenoxy) is 3. The van der Waals surface area contributed by atoms with Crippen molar-refractivity contribution in [3.63, 3.8) is 0 Å². The van der Waals surface area contributed by atoms with Gasteiger partial charge in [-0.3, -0.25) is 33.6 Å². The van der Waals surface area contributed by atoms with Gasteiger partial charge in [0.2, 0.25) is 11.7 Å². The van der Waals surface area contributed by atoms with Crippen LogP contribution in [0.3, 0.4) is 0 Å². The Kier molecular flexibility index (Phi) is 11.9. The number of halogens is 1. The second kappa shape index (κ2) is 16.8. The van der Waals surface area contributed by atoms with Gasteiger partial charge in [-0.05, 0) is 41.8 Å². The first-order valence-corrected chi connectivity index (χ1v) is 21.2. The summed E-state index contributed by atoms with van der Waals surface area (Å²) >= 11 is 6.53. The minimum absolute atomic E-state index is 0.0208. The topological polar surface area (TPSA) is 279 Å². The van der Waals surface area contributed by atoms with Crippen molar-refractivity contribution in [2.75, 3.05) is 69.9 Å². The number of anilines is 2. The lowest BCUT2D eigenvalue weighted by Crippen LogP contribution is -2.31. The molecule has 0 radical (unpaired) electrons. The summed E-state index contributed by atoms with van der Waals surface area (Å²) in [5.41, 5.74) is 2.85. The van der Waals surface area contributed by atoms with Crippen molar-refractivity contribution in [1.29, 1.82) is 0 Å². The number of methoxy groups -OCH3 is 3. The Morgan fingerprint density at radius 3 is 2.39 bits per heavy atom. The third kappa shape index (κ3) is 8.21. The Labute approximate surface area is 339 Å². The van der Waals surface area contributed by atoms with Gasteiger partial charge in [0.15, 0.2) is 17.2 Å². The molecule has 59 heavy (non-hydrogen) atoms. The summed E-state index contributed by atoms with van der Waals surface area (Å²) in [6.45, 7) is -1.04. The monoisotopic (exact) mass is 877 g/mol. The van der Waals surface area contributed by atoms with Crippen molar-refractivity contribution < 1.29 is 65.7 Å². The summed E-state index contributed by atoms with van der Waals surface area (Å²) in [4.78, 5) is 78.5. The fourth-order valence-electron chi connectivity index (χ4n) is 7.20. The second-order valence-corrected chi connectivity index (χ2v) is 16.4. The molecule has 3 amide bonds. The van der Waals surface area contributed by atoms with Crippen LogP contribution in [0.25, 0.3) is 21.8 Å². The van der Waals surface area contributed by atoms with Crippen LogP contribution in [-0.2, 0) is 34.0 Å². The summed E-state index contributed by atoms with van der Waals surface area (Å²) in [5.74, 6) is 3.19. The number of hydrogen-bond donors (Lipinski definition) is 6. The van der Waals surface area contributed by atoms with E-state index >= 15 is 0 Å². The standard InChI is InChI=1S/C35H38ClN7O14P2/c1-51-27-11-19-10-22(40-30(19)33(53-3)32(27)52-2)35(46)43-16-20(14-36)29-21-12-23(34(45)42-8-5-18-4-6-38-15-25(18)42)41-31(21)26(13-24(29)43)56-59(49,50)57-58(47,48)55-9-7-39-28(44)17-54-37/h4,6,10-13,15,20,40-41H,5,7-9,14,16-17,37H2,1-3H3,(H,39,44)(H,47,48)(H,49,50)/t20-/m1/s1. The van der Waals surface area contributed by atoms with Crippen LogP contribution in [0.1, 0.15) is 38.0 Å². The number of pyridine rings is 1. The molecule has 3 atom stereocenters. The number of aromatic amines is 2. The van der Waals surface area contributed by atoms with Gasteiger partial charge in [0.1, 0.15) is 18.0 Å². The molecule has 5 aromatic rings. The van der Waals surface area contributed by atoms with Gasteiger partial charge in [-0.2, -0.15) is 4.31 Å². The van der Waals surface area contributed by atoms with Crippen molar-refractivity contribution in [1.82, 2.24) is 20.3 Å². The Hall–Kier alpha value is -5.21. The first-order chi connectivity index (χ1) is 28.2. The highest BCUT2D eigenvalue weighted by Crippen LogP contribution is 2.61. The Balaban J connectivity index is 1.28. The van der Waals surface area contributed by atoms with Gasteiger partial charge < -0.3 is 48.7 Å². The average Bonchev–Trinajstić information content (AvgIpc) is 4.01. The van der Waals surface area contributed by atoms with Crippen LogP contribution in [0.2, 0.25) is 0 Å². The van der Waals surface area contributed by atoms with Crippen LogP contribution < -0.4 is 39.7 Å². The van der Waals surface area contributed by atoms with Gasteiger partial charge >= 0.3 is 15.6 Å². The number of H-pyrrole nitrogens is 2. The Morgan fingerprint density at radius 2 is 1.68 bits per heavy atom. The fourth-order valence-corrected chi connectivity index (χ4v) is 9.53.